The highest BCUT2D eigenvalue weighted by Gasteiger charge is 2.10. The van der Waals surface area contributed by atoms with Crippen molar-refractivity contribution in [3.8, 4) is 0 Å². The molecule has 1 fully saturated rings. The van der Waals surface area contributed by atoms with Gasteiger partial charge in [0.05, 0.1) is 13.2 Å². The van der Waals surface area contributed by atoms with Crippen LogP contribution in [0.3, 0.4) is 0 Å². The summed E-state index contributed by atoms with van der Waals surface area (Å²) in [5, 5.41) is 3.42. The zero-order valence-corrected chi connectivity index (χ0v) is 12.7. The fraction of sp³-hybridized carbons (Fsp3) is 0.263. The molecule has 22 heavy (non-hydrogen) atoms. The molecule has 0 amide bonds. The second-order valence-corrected chi connectivity index (χ2v) is 5.34. The summed E-state index contributed by atoms with van der Waals surface area (Å²) in [5.74, 6) is 0. The number of benzene rings is 2. The Hall–Kier alpha value is -2.26. The van der Waals surface area contributed by atoms with Gasteiger partial charge >= 0.3 is 0 Å². The van der Waals surface area contributed by atoms with E-state index in [-0.39, 0.29) is 0 Å². The zero-order chi connectivity index (χ0) is 15.0. The Kier molecular flexibility index (Phi) is 5.11. The van der Waals surface area contributed by atoms with Crippen molar-refractivity contribution in [1.29, 1.82) is 0 Å². The smallest absolute Gasteiger partial charge is 0.0642 e. The van der Waals surface area contributed by atoms with Crippen molar-refractivity contribution in [2.75, 3.05) is 43.1 Å². The third-order valence-corrected chi connectivity index (χ3v) is 3.78. The molecule has 1 aliphatic rings. The van der Waals surface area contributed by atoms with Crippen LogP contribution in [0, 0.1) is 0 Å². The lowest BCUT2D eigenvalue weighted by Gasteiger charge is -2.28. The van der Waals surface area contributed by atoms with Crippen LogP contribution >= 0.6 is 0 Å². The lowest BCUT2D eigenvalue weighted by molar-refractivity contribution is 0.122. The quantitative estimate of drug-likeness (QED) is 0.911. The fourth-order valence-corrected chi connectivity index (χ4v) is 2.55. The highest BCUT2D eigenvalue weighted by Crippen LogP contribution is 2.18. The Morgan fingerprint density at radius 1 is 0.955 bits per heavy atom. The van der Waals surface area contributed by atoms with E-state index in [1.807, 2.05) is 6.07 Å². The molecule has 0 atom stereocenters. The van der Waals surface area contributed by atoms with E-state index in [1.165, 1.54) is 11.3 Å². The van der Waals surface area contributed by atoms with E-state index < -0.39 is 0 Å². The third-order valence-electron chi connectivity index (χ3n) is 3.78. The van der Waals surface area contributed by atoms with E-state index in [1.54, 1.807) is 0 Å². The van der Waals surface area contributed by atoms with Crippen LogP contribution < -0.4 is 10.2 Å². The fourth-order valence-electron chi connectivity index (χ4n) is 2.55. The highest BCUT2D eigenvalue weighted by molar-refractivity contribution is 5.56. The summed E-state index contributed by atoms with van der Waals surface area (Å²) < 4.78 is 5.39. The largest absolute Gasteiger partial charge is 0.382 e. The van der Waals surface area contributed by atoms with Gasteiger partial charge in [-0.05, 0) is 29.8 Å². The molecule has 114 valence electrons. The molecule has 0 unspecified atom stereocenters. The Bertz CT molecular complexity index is 587. The van der Waals surface area contributed by atoms with Crippen LogP contribution in [0.15, 0.2) is 60.7 Å². The molecular formula is C19H22N2O. The first kappa shape index (κ1) is 14.7. The Labute approximate surface area is 132 Å². The number of anilines is 2. The first-order chi connectivity index (χ1) is 10.9. The summed E-state index contributed by atoms with van der Waals surface area (Å²) in [6.07, 6.45) is 4.28. The summed E-state index contributed by atoms with van der Waals surface area (Å²) in [7, 11) is 0. The summed E-state index contributed by atoms with van der Waals surface area (Å²) in [6, 6.07) is 19.0. The van der Waals surface area contributed by atoms with E-state index in [4.69, 9.17) is 4.74 Å². The Morgan fingerprint density at radius 2 is 1.68 bits per heavy atom. The van der Waals surface area contributed by atoms with Crippen LogP contribution in [0.4, 0.5) is 11.4 Å². The van der Waals surface area contributed by atoms with Crippen LogP contribution in [0.25, 0.3) is 6.08 Å². The molecule has 1 saturated heterocycles. The van der Waals surface area contributed by atoms with Gasteiger partial charge in [0.15, 0.2) is 0 Å². The standard InChI is InChI=1S/C19H22N2O/c1-2-5-17(6-3-1)7-4-12-20-18-8-10-19(11-9-18)21-13-15-22-16-14-21/h1-11,20H,12-16H2/b7-4+. The van der Waals surface area contributed by atoms with Crippen molar-refractivity contribution in [3.63, 3.8) is 0 Å². The second-order valence-electron chi connectivity index (χ2n) is 5.34. The third kappa shape index (κ3) is 4.12. The minimum atomic E-state index is 0.824. The van der Waals surface area contributed by atoms with Gasteiger partial charge in [-0.3, -0.25) is 0 Å². The number of rotatable bonds is 5. The van der Waals surface area contributed by atoms with Crippen LogP contribution in [-0.4, -0.2) is 32.8 Å². The number of nitrogens with zero attached hydrogens (tertiary/aromatic N) is 1. The average molecular weight is 294 g/mol. The SMILES string of the molecule is C(=C\c1ccccc1)/CNc1ccc(N2CCOCC2)cc1. The number of ether oxygens (including phenoxy) is 1. The van der Waals surface area contributed by atoms with Gasteiger partial charge in [-0.1, -0.05) is 42.5 Å². The molecule has 0 bridgehead atoms. The summed E-state index contributed by atoms with van der Waals surface area (Å²) >= 11 is 0. The highest BCUT2D eigenvalue weighted by atomic mass is 16.5. The van der Waals surface area contributed by atoms with Crippen molar-refractivity contribution in [2.45, 2.75) is 0 Å². The minimum absolute atomic E-state index is 0.824. The number of hydrogen-bond acceptors (Lipinski definition) is 3. The van der Waals surface area contributed by atoms with E-state index in [2.05, 4.69) is 70.9 Å². The molecule has 3 heteroatoms. The van der Waals surface area contributed by atoms with Crippen LogP contribution in [0.5, 0.6) is 0 Å². The van der Waals surface area contributed by atoms with Crippen molar-refractivity contribution in [1.82, 2.24) is 0 Å². The molecule has 0 spiro atoms. The van der Waals surface area contributed by atoms with E-state index in [0.29, 0.717) is 0 Å². The minimum Gasteiger partial charge on any atom is -0.382 e. The summed E-state index contributed by atoms with van der Waals surface area (Å²) in [6.45, 7) is 4.43. The molecule has 3 rings (SSSR count). The maximum atomic E-state index is 5.39. The number of hydrogen-bond donors (Lipinski definition) is 1. The predicted octanol–water partition coefficient (Wildman–Crippen LogP) is 3.65. The van der Waals surface area contributed by atoms with Crippen LogP contribution in [0.2, 0.25) is 0 Å². The summed E-state index contributed by atoms with van der Waals surface area (Å²) in [4.78, 5) is 2.36. The Morgan fingerprint density at radius 3 is 2.41 bits per heavy atom. The molecule has 0 saturated carbocycles. The van der Waals surface area contributed by atoms with Gasteiger partial charge in [0.25, 0.3) is 0 Å². The van der Waals surface area contributed by atoms with Gasteiger partial charge in [-0.15, -0.1) is 0 Å². The Balaban J connectivity index is 1.49. The van der Waals surface area contributed by atoms with Crippen molar-refractivity contribution in [3.05, 3.63) is 66.2 Å². The monoisotopic (exact) mass is 294 g/mol. The van der Waals surface area contributed by atoms with Gasteiger partial charge in [-0.2, -0.15) is 0 Å². The topological polar surface area (TPSA) is 24.5 Å². The molecule has 0 aliphatic carbocycles. The molecule has 2 aromatic rings. The van der Waals surface area contributed by atoms with Gasteiger partial charge in [-0.25, -0.2) is 0 Å². The van der Waals surface area contributed by atoms with Crippen molar-refractivity contribution in [2.24, 2.45) is 0 Å². The molecular weight excluding hydrogens is 272 g/mol. The molecule has 1 heterocycles. The molecule has 1 aliphatic heterocycles. The van der Waals surface area contributed by atoms with E-state index in [9.17, 15) is 0 Å². The van der Waals surface area contributed by atoms with Gasteiger partial charge < -0.3 is 15.0 Å². The lowest BCUT2D eigenvalue weighted by atomic mass is 10.2. The molecule has 3 nitrogen and oxygen atoms in total. The van der Waals surface area contributed by atoms with E-state index >= 15 is 0 Å². The molecule has 2 aromatic carbocycles. The van der Waals surface area contributed by atoms with Crippen molar-refractivity contribution >= 4 is 17.5 Å². The lowest BCUT2D eigenvalue weighted by Crippen LogP contribution is -2.36. The zero-order valence-electron chi connectivity index (χ0n) is 12.7. The molecule has 1 N–H and O–H groups in total. The predicted molar refractivity (Wildman–Crippen MR) is 93.4 cm³/mol. The van der Waals surface area contributed by atoms with Gasteiger partial charge in [0.2, 0.25) is 0 Å². The maximum Gasteiger partial charge on any atom is 0.0642 e. The van der Waals surface area contributed by atoms with Crippen molar-refractivity contribution < 1.29 is 4.74 Å². The van der Waals surface area contributed by atoms with E-state index in [0.717, 1.165) is 38.5 Å². The first-order valence-electron chi connectivity index (χ1n) is 7.80. The molecule has 0 aromatic heterocycles. The second kappa shape index (κ2) is 7.66. The number of nitrogens with one attached hydrogen (secondary N) is 1. The van der Waals surface area contributed by atoms with Crippen LogP contribution in [0.1, 0.15) is 5.56 Å². The molecule has 0 radical (unpaired) electrons. The van der Waals surface area contributed by atoms with Gasteiger partial charge in [0.1, 0.15) is 0 Å². The van der Waals surface area contributed by atoms with Gasteiger partial charge in [0, 0.05) is 31.0 Å². The number of morpholine rings is 1. The average Bonchev–Trinajstić information content (AvgIpc) is 2.61. The first-order valence-corrected chi connectivity index (χ1v) is 7.80. The van der Waals surface area contributed by atoms with Crippen LogP contribution in [-0.2, 0) is 4.74 Å². The summed E-state index contributed by atoms with van der Waals surface area (Å²) in [5.41, 5.74) is 3.65. The normalized spacial score (nSPS) is 15.2. The maximum absolute atomic E-state index is 5.39.